The highest BCUT2D eigenvalue weighted by Gasteiger charge is 2.05. The smallest absolute Gasteiger partial charge is 0.269 e. The molecule has 0 saturated carbocycles. The Morgan fingerprint density at radius 1 is 1.19 bits per heavy atom. The van der Waals surface area contributed by atoms with E-state index in [1.54, 1.807) is 25.1 Å². The first-order chi connectivity index (χ1) is 12.9. The van der Waals surface area contributed by atoms with E-state index in [1.165, 1.54) is 6.21 Å². The van der Waals surface area contributed by atoms with E-state index in [9.17, 15) is 4.79 Å². The number of nitrogens with one attached hydrogen (secondary N) is 2. The van der Waals surface area contributed by atoms with E-state index in [0.717, 1.165) is 5.56 Å². The minimum absolute atomic E-state index is 0.0950. The fraction of sp³-hybridized carbons (Fsp3) is 0.0588. The first-order valence-electron chi connectivity index (χ1n) is 7.73. The highest BCUT2D eigenvalue weighted by atomic mass is 35.5. The van der Waals surface area contributed by atoms with Gasteiger partial charge in [-0.05, 0) is 42.9 Å². The van der Waals surface area contributed by atoms with Crippen molar-refractivity contribution in [3.8, 4) is 0 Å². The monoisotopic (exact) mass is 399 g/mol. The van der Waals surface area contributed by atoms with E-state index < -0.39 is 5.56 Å². The maximum absolute atomic E-state index is 11.9. The summed E-state index contributed by atoms with van der Waals surface area (Å²) < 4.78 is 0.137. The van der Waals surface area contributed by atoms with Crippen LogP contribution in [0.15, 0.2) is 34.1 Å². The minimum Gasteiger partial charge on any atom is -0.384 e. The lowest BCUT2D eigenvalue weighted by molar-refractivity contribution is 0.916. The van der Waals surface area contributed by atoms with Crippen molar-refractivity contribution < 1.29 is 0 Å². The van der Waals surface area contributed by atoms with Crippen molar-refractivity contribution in [3.05, 3.63) is 66.9 Å². The Bertz CT molecular complexity index is 1150. The van der Waals surface area contributed by atoms with Crippen LogP contribution in [0.1, 0.15) is 22.5 Å². The molecule has 0 fully saturated rings. The van der Waals surface area contributed by atoms with E-state index in [2.05, 4.69) is 30.1 Å². The highest BCUT2D eigenvalue weighted by molar-refractivity contribution is 7.71. The van der Waals surface area contributed by atoms with Crippen LogP contribution < -0.4 is 11.3 Å². The number of anilines is 1. The van der Waals surface area contributed by atoms with Gasteiger partial charge in [-0.25, -0.2) is 9.98 Å². The quantitative estimate of drug-likeness (QED) is 0.457. The lowest BCUT2D eigenvalue weighted by Crippen LogP contribution is -2.16. The summed E-state index contributed by atoms with van der Waals surface area (Å²) in [5.41, 5.74) is 7.62. The molecule has 3 rings (SSSR count). The maximum Gasteiger partial charge on any atom is 0.269 e. The number of aromatic nitrogens is 5. The van der Waals surface area contributed by atoms with Crippen molar-refractivity contribution in [1.82, 2.24) is 25.1 Å². The topological polar surface area (TPSA) is 126 Å². The molecule has 0 atom stereocenters. The molecule has 2 aromatic heterocycles. The third-order valence-electron chi connectivity index (χ3n) is 3.50. The summed E-state index contributed by atoms with van der Waals surface area (Å²) in [6.45, 7) is 1.79. The molecule has 0 aliphatic carbocycles. The first-order valence-corrected chi connectivity index (χ1v) is 8.52. The Morgan fingerprint density at radius 2 is 1.93 bits per heavy atom. The summed E-state index contributed by atoms with van der Waals surface area (Å²) >= 11 is 10.7. The summed E-state index contributed by atoms with van der Waals surface area (Å²) in [7, 11) is 0. The molecule has 136 valence electrons. The number of rotatable bonds is 4. The number of H-pyrrole nitrogens is 2. The molecule has 0 unspecified atom stereocenters. The standard InChI is InChI=1S/C17H14ClN7OS/c1-9-13(7-4-10-2-5-11(18)6-3-10)21-16(25-24-9)20-8-12-14(19)22-17(27)23-15(12)26/h2-8H,1H3,(H4,19,22,23,26,27)/b7-4+,20-8+. The number of nitrogens with two attached hydrogens (primary N) is 1. The largest absolute Gasteiger partial charge is 0.384 e. The Hall–Kier alpha value is -3.17. The van der Waals surface area contributed by atoms with Crippen LogP contribution in [-0.2, 0) is 0 Å². The molecule has 0 bridgehead atoms. The Morgan fingerprint density at radius 3 is 2.63 bits per heavy atom. The molecule has 27 heavy (non-hydrogen) atoms. The van der Waals surface area contributed by atoms with Crippen molar-refractivity contribution in [2.24, 2.45) is 4.99 Å². The Kier molecular flexibility index (Phi) is 5.53. The number of aliphatic imine (C=N–C) groups is 1. The molecule has 3 aromatic rings. The van der Waals surface area contributed by atoms with Gasteiger partial charge in [0.15, 0.2) is 4.77 Å². The summed E-state index contributed by atoms with van der Waals surface area (Å²) in [6, 6.07) is 7.37. The number of nitrogen functional groups attached to an aromatic ring is 1. The van der Waals surface area contributed by atoms with Gasteiger partial charge in [0.25, 0.3) is 11.5 Å². The lowest BCUT2D eigenvalue weighted by atomic mass is 10.2. The van der Waals surface area contributed by atoms with E-state index in [0.29, 0.717) is 16.4 Å². The molecule has 10 heteroatoms. The fourth-order valence-electron chi connectivity index (χ4n) is 2.11. The normalized spacial score (nSPS) is 11.5. The SMILES string of the molecule is Cc1nnc(/N=C/c2c(N)[nH]c(=S)[nH]c2=O)nc1/C=C/c1ccc(Cl)cc1. The number of hydrogen-bond donors (Lipinski definition) is 3. The molecule has 0 radical (unpaired) electrons. The van der Waals surface area contributed by atoms with Gasteiger partial charge < -0.3 is 10.7 Å². The minimum atomic E-state index is -0.456. The van der Waals surface area contributed by atoms with Crippen LogP contribution in [0.4, 0.5) is 11.8 Å². The van der Waals surface area contributed by atoms with Gasteiger partial charge in [0.2, 0.25) is 0 Å². The summed E-state index contributed by atoms with van der Waals surface area (Å²) in [4.78, 5) is 25.4. The molecule has 2 heterocycles. The van der Waals surface area contributed by atoms with Gasteiger partial charge >= 0.3 is 0 Å². The van der Waals surface area contributed by atoms with Crippen molar-refractivity contribution in [2.75, 3.05) is 5.73 Å². The maximum atomic E-state index is 11.9. The summed E-state index contributed by atoms with van der Waals surface area (Å²) in [5.74, 6) is 0.202. The molecule has 0 saturated heterocycles. The van der Waals surface area contributed by atoms with E-state index in [4.69, 9.17) is 29.6 Å². The van der Waals surface area contributed by atoms with E-state index >= 15 is 0 Å². The molecule has 0 aliphatic heterocycles. The predicted octanol–water partition coefficient (Wildman–Crippen LogP) is 3.08. The molecular weight excluding hydrogens is 386 g/mol. The molecule has 0 spiro atoms. The van der Waals surface area contributed by atoms with Gasteiger partial charge in [0.05, 0.1) is 17.0 Å². The second kappa shape index (κ2) is 8.02. The zero-order valence-electron chi connectivity index (χ0n) is 14.1. The molecule has 4 N–H and O–H groups in total. The summed E-state index contributed by atoms with van der Waals surface area (Å²) in [6.07, 6.45) is 4.94. The van der Waals surface area contributed by atoms with Crippen LogP contribution in [0.25, 0.3) is 12.2 Å². The third kappa shape index (κ3) is 4.72. The highest BCUT2D eigenvalue weighted by Crippen LogP contribution is 2.14. The summed E-state index contributed by atoms with van der Waals surface area (Å²) in [5, 5.41) is 8.61. The van der Waals surface area contributed by atoms with E-state index in [1.807, 2.05) is 18.2 Å². The van der Waals surface area contributed by atoms with E-state index in [-0.39, 0.29) is 22.1 Å². The number of nitrogens with zero attached hydrogens (tertiary/aromatic N) is 4. The molecule has 0 amide bonds. The van der Waals surface area contributed by atoms with Crippen LogP contribution in [0, 0.1) is 11.7 Å². The number of benzene rings is 1. The number of halogens is 1. The Labute approximate surface area is 163 Å². The molecule has 1 aromatic carbocycles. The van der Waals surface area contributed by atoms with Crippen molar-refractivity contribution in [1.29, 1.82) is 0 Å². The molecule has 8 nitrogen and oxygen atoms in total. The van der Waals surface area contributed by atoms with Crippen LogP contribution in [0.2, 0.25) is 5.02 Å². The van der Waals surface area contributed by atoms with Crippen molar-refractivity contribution >= 4 is 54.0 Å². The van der Waals surface area contributed by atoms with Gasteiger partial charge in [-0.1, -0.05) is 29.8 Å². The van der Waals surface area contributed by atoms with Gasteiger partial charge in [0.1, 0.15) is 5.82 Å². The second-order valence-electron chi connectivity index (χ2n) is 5.46. The van der Waals surface area contributed by atoms with Crippen LogP contribution in [0.5, 0.6) is 0 Å². The zero-order valence-corrected chi connectivity index (χ0v) is 15.7. The lowest BCUT2D eigenvalue weighted by Gasteiger charge is -2.00. The number of hydrogen-bond acceptors (Lipinski definition) is 7. The molecular formula is C17H14ClN7OS. The fourth-order valence-corrected chi connectivity index (χ4v) is 2.44. The first kappa shape index (κ1) is 18.6. The van der Waals surface area contributed by atoms with Gasteiger partial charge in [0, 0.05) is 11.2 Å². The van der Waals surface area contributed by atoms with Gasteiger partial charge in [-0.3, -0.25) is 9.78 Å². The van der Waals surface area contributed by atoms with Crippen LogP contribution in [0.3, 0.4) is 0 Å². The van der Waals surface area contributed by atoms with Crippen molar-refractivity contribution in [2.45, 2.75) is 6.92 Å². The zero-order chi connectivity index (χ0) is 19.4. The second-order valence-corrected chi connectivity index (χ2v) is 6.31. The predicted molar refractivity (Wildman–Crippen MR) is 109 cm³/mol. The average molecular weight is 400 g/mol. The number of aromatic amines is 2. The third-order valence-corrected chi connectivity index (χ3v) is 3.96. The molecule has 0 aliphatic rings. The number of aryl methyl sites for hydroxylation is 1. The van der Waals surface area contributed by atoms with Crippen LogP contribution >= 0.6 is 23.8 Å². The van der Waals surface area contributed by atoms with Crippen LogP contribution in [-0.4, -0.2) is 31.4 Å². The Balaban J connectivity index is 1.88. The van der Waals surface area contributed by atoms with Crippen molar-refractivity contribution in [3.63, 3.8) is 0 Å². The van der Waals surface area contributed by atoms with Gasteiger partial charge in [-0.2, -0.15) is 0 Å². The average Bonchev–Trinajstić information content (AvgIpc) is 2.62. The van der Waals surface area contributed by atoms with Gasteiger partial charge in [-0.15, -0.1) is 10.2 Å².